The molecule has 0 aliphatic carbocycles. The molecule has 0 bridgehead atoms. The molecule has 0 radical (unpaired) electrons. The minimum atomic E-state index is -0.683. The van der Waals surface area contributed by atoms with Gasteiger partial charge in [-0.15, -0.1) is 0 Å². The Hall–Kier alpha value is -3.19. The summed E-state index contributed by atoms with van der Waals surface area (Å²) in [5.41, 5.74) is 13.4. The van der Waals surface area contributed by atoms with Gasteiger partial charge in [0.1, 0.15) is 5.75 Å². The van der Waals surface area contributed by atoms with E-state index in [9.17, 15) is 9.18 Å². The van der Waals surface area contributed by atoms with Gasteiger partial charge in [0.2, 0.25) is 5.91 Å². The third-order valence-electron chi connectivity index (χ3n) is 4.92. The van der Waals surface area contributed by atoms with Gasteiger partial charge in [-0.1, -0.05) is 12.1 Å². The number of hydrogen-bond acceptors (Lipinski definition) is 5. The zero-order valence-electron chi connectivity index (χ0n) is 16.3. The van der Waals surface area contributed by atoms with Crippen LogP contribution in [0.15, 0.2) is 59.2 Å². The van der Waals surface area contributed by atoms with Gasteiger partial charge in [0.15, 0.2) is 11.6 Å². The molecule has 1 saturated heterocycles. The molecule has 0 spiro atoms. The summed E-state index contributed by atoms with van der Waals surface area (Å²) in [7, 11) is 1.72. The molecule has 2 aromatic rings. The lowest BCUT2D eigenvalue weighted by molar-refractivity contribution is 0.1000. The number of hydrogen-bond donors (Lipinski definition) is 2. The van der Waals surface area contributed by atoms with Gasteiger partial charge in [-0.3, -0.25) is 14.7 Å². The van der Waals surface area contributed by atoms with Gasteiger partial charge in [0, 0.05) is 37.1 Å². The summed E-state index contributed by atoms with van der Waals surface area (Å²) in [4.78, 5) is 17.4. The third kappa shape index (κ3) is 5.20. The van der Waals surface area contributed by atoms with Crippen LogP contribution in [0.3, 0.4) is 0 Å². The molecule has 29 heavy (non-hydrogen) atoms. The maximum atomic E-state index is 14.1. The average Bonchev–Trinajstić information content (AvgIpc) is 3.17. The zero-order valence-corrected chi connectivity index (χ0v) is 16.3. The summed E-state index contributed by atoms with van der Waals surface area (Å²) in [6.07, 6.45) is 5.71. The normalized spacial score (nSPS) is 17.7. The maximum Gasteiger partial charge on any atom is 0.248 e. The molecule has 7 heteroatoms. The monoisotopic (exact) mass is 396 g/mol. The summed E-state index contributed by atoms with van der Waals surface area (Å²) in [6, 6.07) is 11.6. The molecule has 1 aliphatic heterocycles. The number of likely N-dealkylation sites (tertiary alicyclic amines) is 1. The number of allylic oxidation sites excluding steroid dienone is 1. The number of nitrogens with zero attached hydrogens (tertiary/aromatic N) is 2. The number of benzene rings is 2. The van der Waals surface area contributed by atoms with Gasteiger partial charge < -0.3 is 16.2 Å². The fourth-order valence-corrected chi connectivity index (χ4v) is 3.43. The first kappa shape index (κ1) is 20.5. The Kier molecular flexibility index (Phi) is 6.61. The summed E-state index contributed by atoms with van der Waals surface area (Å²) in [5, 5.41) is 0. The standard InChI is InChI=1S/C22H25FN4O2/c1-26-11-10-19(24)20-3-2-12-27(20)14-15-4-7-17(8-5-15)29-21-9-6-16(22(25)28)13-18(21)23/h4-11,13,20H,2-3,12,14,24H2,1H3,(H2,25,28)/t20-/m0/s1. The predicted octanol–water partition coefficient (Wildman–Crippen LogP) is 3.22. The number of ether oxygens (including phenoxy) is 1. The molecule has 1 fully saturated rings. The summed E-state index contributed by atoms with van der Waals surface area (Å²) < 4.78 is 19.7. The molecule has 152 valence electrons. The number of nitrogens with two attached hydrogens (primary N) is 2. The van der Waals surface area contributed by atoms with Crippen molar-refractivity contribution >= 4 is 12.1 Å². The molecule has 0 saturated carbocycles. The molecule has 1 amide bonds. The largest absolute Gasteiger partial charge is 0.454 e. The number of halogens is 1. The van der Waals surface area contributed by atoms with Crippen molar-refractivity contribution in [1.82, 2.24) is 4.90 Å². The van der Waals surface area contributed by atoms with Crippen molar-refractivity contribution in [1.29, 1.82) is 0 Å². The van der Waals surface area contributed by atoms with E-state index >= 15 is 0 Å². The molecule has 0 aromatic heterocycles. The van der Waals surface area contributed by atoms with E-state index in [1.54, 1.807) is 25.4 Å². The van der Waals surface area contributed by atoms with Gasteiger partial charge in [-0.05, 0) is 61.4 Å². The van der Waals surface area contributed by atoms with E-state index in [-0.39, 0.29) is 17.4 Å². The summed E-state index contributed by atoms with van der Waals surface area (Å²) in [5.74, 6) is -0.769. The number of amides is 1. The van der Waals surface area contributed by atoms with Crippen molar-refractivity contribution in [2.75, 3.05) is 13.6 Å². The Bertz CT molecular complexity index is 925. The van der Waals surface area contributed by atoms with Crippen LogP contribution in [0.2, 0.25) is 0 Å². The summed E-state index contributed by atoms with van der Waals surface area (Å²) in [6.45, 7) is 1.75. The lowest BCUT2D eigenvalue weighted by atomic mass is 10.1. The summed E-state index contributed by atoms with van der Waals surface area (Å²) >= 11 is 0. The zero-order chi connectivity index (χ0) is 20.8. The van der Waals surface area contributed by atoms with E-state index in [4.69, 9.17) is 16.2 Å². The number of rotatable bonds is 7. The first-order valence-corrected chi connectivity index (χ1v) is 9.46. The van der Waals surface area contributed by atoms with E-state index in [1.165, 1.54) is 12.1 Å². The first-order valence-electron chi connectivity index (χ1n) is 9.46. The second kappa shape index (κ2) is 9.34. The minimum absolute atomic E-state index is 0.0397. The molecular formula is C22H25FN4O2. The van der Waals surface area contributed by atoms with Crippen LogP contribution in [0.1, 0.15) is 28.8 Å². The van der Waals surface area contributed by atoms with Crippen LogP contribution in [0.4, 0.5) is 4.39 Å². The van der Waals surface area contributed by atoms with E-state index in [1.807, 2.05) is 18.2 Å². The quantitative estimate of drug-likeness (QED) is 0.703. The molecule has 1 aliphatic rings. The highest BCUT2D eigenvalue weighted by Gasteiger charge is 2.26. The van der Waals surface area contributed by atoms with Crippen LogP contribution in [0.25, 0.3) is 0 Å². The highest BCUT2D eigenvalue weighted by molar-refractivity contribution is 5.92. The average molecular weight is 396 g/mol. The van der Waals surface area contributed by atoms with Crippen LogP contribution in [-0.2, 0) is 6.54 Å². The van der Waals surface area contributed by atoms with Crippen molar-refractivity contribution in [3.8, 4) is 11.5 Å². The lowest BCUT2D eigenvalue weighted by Crippen LogP contribution is -2.33. The highest BCUT2D eigenvalue weighted by atomic mass is 19.1. The molecule has 6 nitrogen and oxygen atoms in total. The van der Waals surface area contributed by atoms with Crippen molar-refractivity contribution in [2.45, 2.75) is 25.4 Å². The van der Waals surface area contributed by atoms with Gasteiger partial charge in [0.05, 0.1) is 0 Å². The topological polar surface area (TPSA) is 93.9 Å². The molecule has 3 rings (SSSR count). The first-order chi connectivity index (χ1) is 14.0. The fourth-order valence-electron chi connectivity index (χ4n) is 3.43. The van der Waals surface area contributed by atoms with Crippen molar-refractivity contribution in [2.24, 2.45) is 16.5 Å². The molecule has 1 atom stereocenters. The smallest absolute Gasteiger partial charge is 0.248 e. The van der Waals surface area contributed by atoms with Crippen LogP contribution in [0, 0.1) is 5.82 Å². The molecule has 4 N–H and O–H groups in total. The molecule has 2 aromatic carbocycles. The van der Waals surface area contributed by atoms with Crippen LogP contribution in [0.5, 0.6) is 11.5 Å². The van der Waals surface area contributed by atoms with Crippen LogP contribution >= 0.6 is 0 Å². The molecular weight excluding hydrogens is 371 g/mol. The Morgan fingerprint density at radius 1 is 1.28 bits per heavy atom. The van der Waals surface area contributed by atoms with E-state index in [0.29, 0.717) is 5.75 Å². The number of carbonyl (C=O) groups is 1. The van der Waals surface area contributed by atoms with Crippen LogP contribution in [-0.4, -0.2) is 36.7 Å². The predicted molar refractivity (Wildman–Crippen MR) is 112 cm³/mol. The van der Waals surface area contributed by atoms with E-state index in [0.717, 1.165) is 43.3 Å². The Balaban J connectivity index is 1.65. The Morgan fingerprint density at radius 3 is 2.69 bits per heavy atom. The Labute approximate surface area is 169 Å². The fraction of sp³-hybridized carbons (Fsp3) is 0.273. The third-order valence-corrected chi connectivity index (χ3v) is 4.92. The highest BCUT2D eigenvalue weighted by Crippen LogP contribution is 2.27. The van der Waals surface area contributed by atoms with E-state index < -0.39 is 11.7 Å². The number of carbonyl (C=O) groups excluding carboxylic acids is 1. The van der Waals surface area contributed by atoms with Gasteiger partial charge in [0.25, 0.3) is 0 Å². The van der Waals surface area contributed by atoms with Gasteiger partial charge in [-0.25, -0.2) is 4.39 Å². The minimum Gasteiger partial charge on any atom is -0.454 e. The lowest BCUT2D eigenvalue weighted by Gasteiger charge is -2.24. The van der Waals surface area contributed by atoms with Crippen LogP contribution < -0.4 is 16.2 Å². The Morgan fingerprint density at radius 2 is 2.03 bits per heavy atom. The van der Waals surface area contributed by atoms with Gasteiger partial charge >= 0.3 is 0 Å². The molecule has 1 heterocycles. The number of primary amides is 1. The second-order valence-corrected chi connectivity index (χ2v) is 6.96. The van der Waals surface area contributed by atoms with E-state index in [2.05, 4.69) is 9.89 Å². The SMILES string of the molecule is CN=CC=C(N)[C@@H]1CCCN1Cc1ccc(Oc2ccc(C(N)=O)cc2F)cc1. The maximum absolute atomic E-state index is 14.1. The van der Waals surface area contributed by atoms with Crippen molar-refractivity contribution in [3.63, 3.8) is 0 Å². The molecule has 0 unspecified atom stereocenters. The number of aliphatic imine (C=N–C) groups is 1. The second-order valence-electron chi connectivity index (χ2n) is 6.96. The van der Waals surface area contributed by atoms with Crippen molar-refractivity contribution < 1.29 is 13.9 Å². The van der Waals surface area contributed by atoms with Crippen molar-refractivity contribution in [3.05, 3.63) is 71.2 Å². The van der Waals surface area contributed by atoms with Gasteiger partial charge in [-0.2, -0.15) is 0 Å².